The van der Waals surface area contributed by atoms with Crippen LogP contribution in [-0.2, 0) is 0 Å². The molecule has 2 rings (SSSR count). The first-order valence-electron chi connectivity index (χ1n) is 7.62. The van der Waals surface area contributed by atoms with Gasteiger partial charge in [0.2, 0.25) is 0 Å². The number of hydrogen-bond donors (Lipinski definition) is 2. The van der Waals surface area contributed by atoms with Gasteiger partial charge in [0.25, 0.3) is 5.91 Å². The Bertz CT molecular complexity index is 473. The van der Waals surface area contributed by atoms with Gasteiger partial charge in [0, 0.05) is 23.8 Å². The van der Waals surface area contributed by atoms with Crippen LogP contribution in [0.25, 0.3) is 0 Å². The third-order valence-corrected chi connectivity index (χ3v) is 3.80. The average Bonchev–Trinajstić information content (AvgIpc) is 2.81. The molecular formula is C16H25N3O. The molecule has 0 aliphatic heterocycles. The predicted molar refractivity (Wildman–Crippen MR) is 82.0 cm³/mol. The number of nitrogens with zero attached hydrogens (tertiary/aromatic N) is 1. The van der Waals surface area contributed by atoms with Crippen LogP contribution < -0.4 is 10.6 Å². The summed E-state index contributed by atoms with van der Waals surface area (Å²) in [7, 11) is 0. The van der Waals surface area contributed by atoms with E-state index in [1.54, 1.807) is 0 Å². The second-order valence-electron chi connectivity index (χ2n) is 5.90. The van der Waals surface area contributed by atoms with Crippen molar-refractivity contribution in [2.75, 3.05) is 11.9 Å². The molecule has 20 heavy (non-hydrogen) atoms. The van der Waals surface area contributed by atoms with E-state index in [1.165, 1.54) is 6.42 Å². The number of anilines is 1. The van der Waals surface area contributed by atoms with Gasteiger partial charge in [-0.3, -0.25) is 4.79 Å². The van der Waals surface area contributed by atoms with Gasteiger partial charge in [-0.15, -0.1) is 0 Å². The largest absolute Gasteiger partial charge is 0.370 e. The summed E-state index contributed by atoms with van der Waals surface area (Å²) in [5.74, 6) is 1.53. The number of nitrogens with one attached hydrogen (secondary N) is 2. The lowest BCUT2D eigenvalue weighted by molar-refractivity contribution is 0.0937. The highest BCUT2D eigenvalue weighted by Crippen LogP contribution is 2.25. The fraction of sp³-hybridized carbons (Fsp3) is 0.625. The molecule has 0 spiro atoms. The smallest absolute Gasteiger partial charge is 0.251 e. The molecule has 1 fully saturated rings. The lowest BCUT2D eigenvalue weighted by atomic mass is 10.1. The predicted octanol–water partition coefficient (Wildman–Crippen LogP) is 3.13. The van der Waals surface area contributed by atoms with Crippen molar-refractivity contribution in [2.24, 2.45) is 5.92 Å². The van der Waals surface area contributed by atoms with E-state index in [0.29, 0.717) is 11.6 Å². The molecule has 1 aliphatic carbocycles. The lowest BCUT2D eigenvalue weighted by Gasteiger charge is -2.13. The van der Waals surface area contributed by atoms with Gasteiger partial charge in [0.1, 0.15) is 5.82 Å². The van der Waals surface area contributed by atoms with E-state index in [4.69, 9.17) is 0 Å². The van der Waals surface area contributed by atoms with Crippen LogP contribution in [0.15, 0.2) is 12.1 Å². The molecule has 0 saturated heterocycles. The van der Waals surface area contributed by atoms with Gasteiger partial charge >= 0.3 is 0 Å². The molecule has 2 N–H and O–H groups in total. The summed E-state index contributed by atoms with van der Waals surface area (Å²) in [6, 6.07) is 4.03. The van der Waals surface area contributed by atoms with Gasteiger partial charge in [0.15, 0.2) is 0 Å². The van der Waals surface area contributed by atoms with Crippen molar-refractivity contribution in [3.8, 4) is 0 Å². The minimum Gasteiger partial charge on any atom is -0.370 e. The molecule has 1 saturated carbocycles. The van der Waals surface area contributed by atoms with Crippen LogP contribution in [0.5, 0.6) is 0 Å². The summed E-state index contributed by atoms with van der Waals surface area (Å²) < 4.78 is 0. The Morgan fingerprint density at radius 2 is 2.20 bits per heavy atom. The first-order valence-corrected chi connectivity index (χ1v) is 7.62. The Hall–Kier alpha value is -1.58. The standard InChI is InChI=1S/C16H25N3O/c1-4-7-17-15-10-13(9-12(3)18-15)16(20)19-14-6-5-11(2)8-14/h9-11,14H,4-8H2,1-3H3,(H,17,18)(H,19,20). The molecule has 2 atom stereocenters. The number of aromatic nitrogens is 1. The van der Waals surface area contributed by atoms with Crippen molar-refractivity contribution in [2.45, 2.75) is 52.5 Å². The molecule has 1 aliphatic rings. The number of carbonyl (C=O) groups excluding carboxylic acids is 1. The van der Waals surface area contributed by atoms with E-state index < -0.39 is 0 Å². The van der Waals surface area contributed by atoms with E-state index in [1.807, 2.05) is 19.1 Å². The van der Waals surface area contributed by atoms with Crippen LogP contribution in [0.4, 0.5) is 5.82 Å². The summed E-state index contributed by atoms with van der Waals surface area (Å²) in [5, 5.41) is 6.38. The van der Waals surface area contributed by atoms with E-state index in [0.717, 1.165) is 43.2 Å². The molecule has 0 radical (unpaired) electrons. The van der Waals surface area contributed by atoms with E-state index in [-0.39, 0.29) is 5.91 Å². The first-order chi connectivity index (χ1) is 9.58. The zero-order valence-electron chi connectivity index (χ0n) is 12.7. The molecule has 110 valence electrons. The lowest BCUT2D eigenvalue weighted by Crippen LogP contribution is -2.33. The molecule has 1 amide bonds. The van der Waals surface area contributed by atoms with Crippen LogP contribution in [0.3, 0.4) is 0 Å². The van der Waals surface area contributed by atoms with Crippen LogP contribution in [0, 0.1) is 12.8 Å². The minimum atomic E-state index is 0.0224. The Morgan fingerprint density at radius 3 is 2.85 bits per heavy atom. The number of rotatable bonds is 5. The van der Waals surface area contributed by atoms with Crippen molar-refractivity contribution in [3.63, 3.8) is 0 Å². The molecule has 0 aromatic carbocycles. The maximum Gasteiger partial charge on any atom is 0.251 e. The van der Waals surface area contributed by atoms with Crippen molar-refractivity contribution in [1.29, 1.82) is 0 Å². The number of pyridine rings is 1. The number of carbonyl (C=O) groups is 1. The average molecular weight is 275 g/mol. The summed E-state index contributed by atoms with van der Waals surface area (Å²) >= 11 is 0. The molecule has 1 aromatic rings. The summed E-state index contributed by atoms with van der Waals surface area (Å²) in [6.07, 6.45) is 4.44. The van der Waals surface area contributed by atoms with Crippen LogP contribution in [-0.4, -0.2) is 23.5 Å². The zero-order chi connectivity index (χ0) is 14.5. The Kier molecular flexibility index (Phi) is 4.99. The van der Waals surface area contributed by atoms with Crippen molar-refractivity contribution < 1.29 is 4.79 Å². The molecular weight excluding hydrogens is 250 g/mol. The van der Waals surface area contributed by atoms with Gasteiger partial charge in [-0.2, -0.15) is 0 Å². The molecule has 2 unspecified atom stereocenters. The van der Waals surface area contributed by atoms with Gasteiger partial charge in [0.05, 0.1) is 0 Å². The Balaban J connectivity index is 2.03. The van der Waals surface area contributed by atoms with Crippen molar-refractivity contribution >= 4 is 11.7 Å². The summed E-state index contributed by atoms with van der Waals surface area (Å²) in [4.78, 5) is 16.7. The van der Waals surface area contributed by atoms with E-state index >= 15 is 0 Å². The van der Waals surface area contributed by atoms with Gasteiger partial charge in [-0.05, 0) is 50.7 Å². The second-order valence-corrected chi connectivity index (χ2v) is 5.90. The quantitative estimate of drug-likeness (QED) is 0.868. The van der Waals surface area contributed by atoms with Crippen LogP contribution in [0.1, 0.15) is 55.6 Å². The van der Waals surface area contributed by atoms with Crippen molar-refractivity contribution in [3.05, 3.63) is 23.4 Å². The first kappa shape index (κ1) is 14.8. The van der Waals surface area contributed by atoms with Crippen molar-refractivity contribution in [1.82, 2.24) is 10.3 Å². The molecule has 4 heteroatoms. The molecule has 1 aromatic heterocycles. The maximum atomic E-state index is 12.3. The normalized spacial score (nSPS) is 21.8. The zero-order valence-corrected chi connectivity index (χ0v) is 12.7. The van der Waals surface area contributed by atoms with Gasteiger partial charge in [-0.1, -0.05) is 13.8 Å². The SMILES string of the molecule is CCCNc1cc(C(=O)NC2CCC(C)C2)cc(C)n1. The minimum absolute atomic E-state index is 0.0224. The van der Waals surface area contributed by atoms with E-state index in [9.17, 15) is 4.79 Å². The molecule has 0 bridgehead atoms. The number of aryl methyl sites for hydroxylation is 1. The highest BCUT2D eigenvalue weighted by atomic mass is 16.1. The number of amides is 1. The van der Waals surface area contributed by atoms with Crippen LogP contribution in [0.2, 0.25) is 0 Å². The maximum absolute atomic E-state index is 12.3. The topological polar surface area (TPSA) is 54.0 Å². The van der Waals surface area contributed by atoms with E-state index in [2.05, 4.69) is 29.5 Å². The van der Waals surface area contributed by atoms with Gasteiger partial charge < -0.3 is 10.6 Å². The monoisotopic (exact) mass is 275 g/mol. The molecule has 4 nitrogen and oxygen atoms in total. The Morgan fingerprint density at radius 1 is 1.40 bits per heavy atom. The Labute approximate surface area is 121 Å². The number of hydrogen-bond acceptors (Lipinski definition) is 3. The summed E-state index contributed by atoms with van der Waals surface area (Å²) in [6.45, 7) is 7.15. The third-order valence-electron chi connectivity index (χ3n) is 3.80. The second kappa shape index (κ2) is 6.73. The third kappa shape index (κ3) is 3.95. The highest BCUT2D eigenvalue weighted by Gasteiger charge is 2.23. The molecule has 1 heterocycles. The summed E-state index contributed by atoms with van der Waals surface area (Å²) in [5.41, 5.74) is 1.58. The fourth-order valence-electron chi connectivity index (χ4n) is 2.75. The fourth-order valence-corrected chi connectivity index (χ4v) is 2.75. The van der Waals surface area contributed by atoms with Gasteiger partial charge in [-0.25, -0.2) is 4.98 Å². The highest BCUT2D eigenvalue weighted by molar-refractivity contribution is 5.95. The van der Waals surface area contributed by atoms with Crippen LogP contribution >= 0.6 is 0 Å².